The third kappa shape index (κ3) is 6.65. The Morgan fingerprint density at radius 3 is 2.35 bits per heavy atom. The minimum absolute atomic E-state index is 0.214. The summed E-state index contributed by atoms with van der Waals surface area (Å²) in [5.74, 6) is -1.54. The number of anilines is 1. The highest BCUT2D eigenvalue weighted by atomic mass is 19.4. The number of hydrogen-bond donors (Lipinski definition) is 2. The monoisotopic (exact) mass is 517 g/mol. The molecule has 11 heteroatoms. The molecule has 198 valence electrons. The maximum Gasteiger partial charge on any atom is 0.490 e. The second-order valence-electron chi connectivity index (χ2n) is 9.75. The van der Waals surface area contributed by atoms with Crippen LogP contribution in [0, 0.1) is 19.8 Å². The van der Waals surface area contributed by atoms with Crippen molar-refractivity contribution in [3.8, 4) is 0 Å². The van der Waals surface area contributed by atoms with E-state index in [2.05, 4.69) is 32.3 Å². The van der Waals surface area contributed by atoms with Crippen LogP contribution >= 0.6 is 0 Å². The van der Waals surface area contributed by atoms with Crippen LogP contribution in [-0.4, -0.2) is 62.1 Å². The van der Waals surface area contributed by atoms with Crippen LogP contribution in [0.1, 0.15) is 58.9 Å². The zero-order chi connectivity index (χ0) is 26.7. The second kappa shape index (κ2) is 10.9. The first-order valence-electron chi connectivity index (χ1n) is 12.3. The molecule has 1 amide bonds. The fourth-order valence-electron chi connectivity index (χ4n) is 4.62. The van der Waals surface area contributed by atoms with Gasteiger partial charge in [-0.25, -0.2) is 14.8 Å². The van der Waals surface area contributed by atoms with Crippen LogP contribution in [0.4, 0.5) is 18.9 Å². The molecular formula is C26H30F3N5O3. The Balaban J connectivity index is 0.000000405. The molecule has 0 unspecified atom stereocenters. The number of alkyl halides is 3. The average Bonchev–Trinajstić information content (AvgIpc) is 3.55. The van der Waals surface area contributed by atoms with E-state index in [0.717, 1.165) is 43.1 Å². The quantitative estimate of drug-likeness (QED) is 0.503. The number of halogens is 3. The lowest BCUT2D eigenvalue weighted by Crippen LogP contribution is -2.34. The van der Waals surface area contributed by atoms with Crippen molar-refractivity contribution in [1.82, 2.24) is 19.3 Å². The zero-order valence-electron chi connectivity index (χ0n) is 20.8. The molecule has 0 bridgehead atoms. The first kappa shape index (κ1) is 26.6. The van der Waals surface area contributed by atoms with Gasteiger partial charge in [-0.15, -0.1) is 0 Å². The average molecular weight is 518 g/mol. The van der Waals surface area contributed by atoms with E-state index >= 15 is 0 Å². The Labute approximate surface area is 212 Å². The predicted octanol–water partition coefficient (Wildman–Crippen LogP) is 4.82. The van der Waals surface area contributed by atoms with Gasteiger partial charge in [0.1, 0.15) is 6.33 Å². The molecule has 0 atom stereocenters. The van der Waals surface area contributed by atoms with Crippen molar-refractivity contribution in [3.63, 3.8) is 0 Å². The highest BCUT2D eigenvalue weighted by Gasteiger charge is 2.38. The Morgan fingerprint density at radius 2 is 1.76 bits per heavy atom. The fraction of sp³-hybridized carbons (Fsp3) is 0.462. The Bertz CT molecular complexity index is 1280. The summed E-state index contributed by atoms with van der Waals surface area (Å²) in [6, 6.07) is 8.09. The number of likely N-dealkylation sites (tertiary alicyclic amines) is 1. The molecule has 3 heterocycles. The molecule has 1 aliphatic carbocycles. The lowest BCUT2D eigenvalue weighted by atomic mass is 9.93. The van der Waals surface area contributed by atoms with Crippen LogP contribution < -0.4 is 5.32 Å². The molecule has 2 fully saturated rings. The van der Waals surface area contributed by atoms with Crippen LogP contribution in [0.2, 0.25) is 0 Å². The minimum atomic E-state index is -5.08. The van der Waals surface area contributed by atoms with Crippen LogP contribution in [0.25, 0.3) is 5.65 Å². The Hall–Kier alpha value is -3.47. The number of fused-ring (bicyclic) bond motifs is 1. The lowest BCUT2D eigenvalue weighted by molar-refractivity contribution is -0.192. The number of rotatable bonds is 5. The highest BCUT2D eigenvalue weighted by molar-refractivity contribution is 6.07. The Kier molecular flexibility index (Phi) is 7.82. The molecule has 1 saturated heterocycles. The normalized spacial score (nSPS) is 16.8. The summed E-state index contributed by atoms with van der Waals surface area (Å²) >= 11 is 0. The molecule has 2 aromatic heterocycles. The van der Waals surface area contributed by atoms with Crippen molar-refractivity contribution in [2.75, 3.05) is 25.0 Å². The van der Waals surface area contributed by atoms with E-state index in [9.17, 15) is 18.0 Å². The number of nitrogens with zero attached hydrogens (tertiary/aromatic N) is 4. The summed E-state index contributed by atoms with van der Waals surface area (Å²) in [7, 11) is 0. The molecular weight excluding hydrogens is 487 g/mol. The number of amides is 1. The number of carboxylic acids is 1. The maximum absolute atomic E-state index is 12.9. The number of carbonyl (C=O) groups is 2. The molecule has 1 aromatic carbocycles. The number of aryl methyl sites for hydroxylation is 2. The van der Waals surface area contributed by atoms with Crippen LogP contribution in [0.5, 0.6) is 0 Å². The third-order valence-electron chi connectivity index (χ3n) is 6.77. The summed E-state index contributed by atoms with van der Waals surface area (Å²) in [5.41, 5.74) is 5.25. The van der Waals surface area contributed by atoms with Gasteiger partial charge in [-0.3, -0.25) is 9.20 Å². The molecule has 1 aliphatic heterocycles. The summed E-state index contributed by atoms with van der Waals surface area (Å²) in [5, 5.41) is 10.1. The molecule has 2 aliphatic rings. The van der Waals surface area contributed by atoms with Crippen molar-refractivity contribution in [2.24, 2.45) is 5.92 Å². The molecule has 0 radical (unpaired) electrons. The summed E-state index contributed by atoms with van der Waals surface area (Å²) < 4.78 is 33.7. The minimum Gasteiger partial charge on any atom is -0.475 e. The molecule has 1 saturated carbocycles. The second-order valence-corrected chi connectivity index (χ2v) is 9.75. The van der Waals surface area contributed by atoms with Gasteiger partial charge < -0.3 is 15.3 Å². The number of piperidine rings is 1. The van der Waals surface area contributed by atoms with Gasteiger partial charge in [0.2, 0.25) is 0 Å². The van der Waals surface area contributed by atoms with Gasteiger partial charge in [0.05, 0.1) is 0 Å². The van der Waals surface area contributed by atoms with Gasteiger partial charge in [0.15, 0.2) is 11.3 Å². The first-order chi connectivity index (χ1) is 17.5. The van der Waals surface area contributed by atoms with Crippen molar-refractivity contribution in [3.05, 3.63) is 59.3 Å². The number of nitrogens with one attached hydrogen (secondary N) is 1. The van der Waals surface area contributed by atoms with Gasteiger partial charge in [0, 0.05) is 30.0 Å². The number of aliphatic carboxylic acids is 1. The highest BCUT2D eigenvalue weighted by Crippen LogP contribution is 2.33. The van der Waals surface area contributed by atoms with Crippen molar-refractivity contribution < 1.29 is 27.9 Å². The number of imidazole rings is 1. The van der Waals surface area contributed by atoms with Crippen molar-refractivity contribution in [1.29, 1.82) is 0 Å². The maximum atomic E-state index is 12.9. The zero-order valence-corrected chi connectivity index (χ0v) is 20.8. The summed E-state index contributed by atoms with van der Waals surface area (Å²) in [6.07, 6.45) is 3.60. The SMILES string of the molecule is Cc1ccc(NC(=O)c2ncn3c(C4CCN(CC5CC5)CC4)ccnc23)c(C)c1.O=C(O)C(F)(F)F. The number of carboxylic acid groups (broad SMARTS) is 1. The smallest absolute Gasteiger partial charge is 0.475 e. The topological polar surface area (TPSA) is 99.8 Å². The largest absolute Gasteiger partial charge is 0.490 e. The number of aromatic nitrogens is 3. The van der Waals surface area contributed by atoms with Crippen molar-refractivity contribution in [2.45, 2.75) is 51.6 Å². The molecule has 0 spiro atoms. The lowest BCUT2D eigenvalue weighted by Gasteiger charge is -2.32. The predicted molar refractivity (Wildman–Crippen MR) is 132 cm³/mol. The van der Waals surface area contributed by atoms with E-state index in [1.165, 1.54) is 30.6 Å². The fourth-order valence-corrected chi connectivity index (χ4v) is 4.62. The number of benzene rings is 1. The van der Waals surface area contributed by atoms with E-state index in [1.807, 2.05) is 36.6 Å². The molecule has 3 aromatic rings. The van der Waals surface area contributed by atoms with Crippen molar-refractivity contribution >= 4 is 23.2 Å². The van der Waals surface area contributed by atoms with Gasteiger partial charge in [-0.2, -0.15) is 13.2 Å². The van der Waals surface area contributed by atoms with E-state index in [0.29, 0.717) is 17.3 Å². The van der Waals surface area contributed by atoms with Crippen LogP contribution in [0.15, 0.2) is 36.8 Å². The number of hydrogen-bond acceptors (Lipinski definition) is 5. The van der Waals surface area contributed by atoms with Gasteiger partial charge in [-0.05, 0) is 76.2 Å². The molecule has 8 nitrogen and oxygen atoms in total. The summed E-state index contributed by atoms with van der Waals surface area (Å²) in [4.78, 5) is 33.4. The summed E-state index contributed by atoms with van der Waals surface area (Å²) in [6.45, 7) is 7.62. The van der Waals surface area contributed by atoms with Gasteiger partial charge in [-0.1, -0.05) is 17.7 Å². The molecule has 2 N–H and O–H groups in total. The van der Waals surface area contributed by atoms with E-state index in [4.69, 9.17) is 9.90 Å². The van der Waals surface area contributed by atoms with E-state index < -0.39 is 12.1 Å². The van der Waals surface area contributed by atoms with Crippen LogP contribution in [-0.2, 0) is 4.79 Å². The van der Waals surface area contributed by atoms with Gasteiger partial charge >= 0.3 is 12.1 Å². The first-order valence-corrected chi connectivity index (χ1v) is 12.3. The Morgan fingerprint density at radius 1 is 1.08 bits per heavy atom. The molecule has 5 rings (SSSR count). The van der Waals surface area contributed by atoms with E-state index in [1.54, 1.807) is 6.33 Å². The standard InChI is InChI=1S/C24H29N5O.C2HF3O2/c1-16-3-6-20(17(2)13-16)27-24(30)22-23-25-10-7-21(29(23)15-26-22)19-8-11-28(12-9-19)14-18-4-5-18;3-2(4,5)1(6)7/h3,6-7,10,13,15,18-19H,4-5,8-9,11-12,14H2,1-2H3,(H,27,30);(H,6,7). The van der Waals surface area contributed by atoms with Gasteiger partial charge in [0.25, 0.3) is 5.91 Å². The van der Waals surface area contributed by atoms with E-state index in [-0.39, 0.29) is 5.91 Å². The number of carbonyl (C=O) groups excluding carboxylic acids is 1. The molecule has 37 heavy (non-hydrogen) atoms. The van der Waals surface area contributed by atoms with Crippen LogP contribution in [0.3, 0.4) is 0 Å². The third-order valence-corrected chi connectivity index (χ3v) is 6.77.